The average Bonchev–Trinajstić information content (AvgIpc) is 2.23. The number of hydrogen-bond acceptors (Lipinski definition) is 3. The van der Waals surface area contributed by atoms with Crippen LogP contribution in [0.5, 0.6) is 0 Å². The Bertz CT molecular complexity index is 557. The Hall–Kier alpha value is -0.140. The van der Waals surface area contributed by atoms with E-state index >= 15 is 0 Å². The van der Waals surface area contributed by atoms with Crippen molar-refractivity contribution in [1.82, 2.24) is 4.72 Å². The van der Waals surface area contributed by atoms with Gasteiger partial charge in [0, 0.05) is 11.0 Å². The summed E-state index contributed by atoms with van der Waals surface area (Å²) in [5.41, 5.74) is -0.894. The van der Waals surface area contributed by atoms with Gasteiger partial charge in [0.1, 0.15) is 4.90 Å². The van der Waals surface area contributed by atoms with Gasteiger partial charge in [-0.1, -0.05) is 27.5 Å². The predicted octanol–water partition coefficient (Wildman–Crippen LogP) is 2.30. The van der Waals surface area contributed by atoms with Crippen LogP contribution >= 0.6 is 27.5 Å². The average molecular weight is 355 g/mol. The second-order valence-electron chi connectivity index (χ2n) is 4.48. The normalized spacial score (nSPS) is 18.4. The minimum atomic E-state index is -3.68. The number of aliphatic hydroxyl groups is 1. The van der Waals surface area contributed by atoms with Crippen LogP contribution < -0.4 is 4.72 Å². The van der Waals surface area contributed by atoms with E-state index in [2.05, 4.69) is 20.7 Å². The topological polar surface area (TPSA) is 66.4 Å². The Morgan fingerprint density at radius 1 is 1.44 bits per heavy atom. The van der Waals surface area contributed by atoms with Gasteiger partial charge < -0.3 is 5.11 Å². The molecule has 1 fully saturated rings. The summed E-state index contributed by atoms with van der Waals surface area (Å²) in [6.45, 7) is 0.0295. The summed E-state index contributed by atoms with van der Waals surface area (Å²) in [6, 6.07) is 4.56. The highest BCUT2D eigenvalue weighted by molar-refractivity contribution is 9.10. The fourth-order valence-electron chi connectivity index (χ4n) is 1.76. The number of hydrogen-bond donors (Lipinski definition) is 2. The lowest BCUT2D eigenvalue weighted by Gasteiger charge is -2.36. The van der Waals surface area contributed by atoms with E-state index in [0.29, 0.717) is 17.3 Å². The van der Waals surface area contributed by atoms with Crippen LogP contribution in [-0.2, 0) is 10.0 Å². The quantitative estimate of drug-likeness (QED) is 0.872. The van der Waals surface area contributed by atoms with Crippen LogP contribution in [0.15, 0.2) is 27.6 Å². The van der Waals surface area contributed by atoms with Crippen LogP contribution in [0.2, 0.25) is 5.02 Å². The molecule has 0 aliphatic heterocycles. The summed E-state index contributed by atoms with van der Waals surface area (Å²) in [7, 11) is -3.68. The van der Waals surface area contributed by atoms with E-state index in [1.54, 1.807) is 6.07 Å². The molecule has 1 aliphatic rings. The van der Waals surface area contributed by atoms with Crippen molar-refractivity contribution >= 4 is 37.6 Å². The first-order valence-corrected chi connectivity index (χ1v) is 8.15. The van der Waals surface area contributed by atoms with E-state index in [9.17, 15) is 13.5 Å². The molecule has 0 unspecified atom stereocenters. The zero-order valence-corrected chi connectivity index (χ0v) is 12.6. The van der Waals surface area contributed by atoms with Gasteiger partial charge in [-0.2, -0.15) is 0 Å². The molecule has 0 heterocycles. The standard InChI is InChI=1S/C11H13BrClNO3S/c12-8-2-3-10(9(13)6-8)18(16,17)14-7-11(15)4-1-5-11/h2-3,6,14-15H,1,4-5,7H2. The van der Waals surface area contributed by atoms with Crippen molar-refractivity contribution in [1.29, 1.82) is 0 Å². The molecule has 1 saturated carbocycles. The van der Waals surface area contributed by atoms with Gasteiger partial charge in [-0.05, 0) is 37.5 Å². The molecule has 0 aromatic heterocycles. The molecule has 2 rings (SSSR count). The highest BCUT2D eigenvalue weighted by atomic mass is 79.9. The summed E-state index contributed by atoms with van der Waals surface area (Å²) < 4.78 is 27.2. The zero-order valence-electron chi connectivity index (χ0n) is 9.49. The number of rotatable bonds is 4. The Balaban J connectivity index is 2.15. The molecule has 2 N–H and O–H groups in total. The number of sulfonamides is 1. The van der Waals surface area contributed by atoms with Gasteiger partial charge in [0.25, 0.3) is 0 Å². The van der Waals surface area contributed by atoms with E-state index < -0.39 is 15.6 Å². The molecule has 0 saturated heterocycles. The monoisotopic (exact) mass is 353 g/mol. The van der Waals surface area contributed by atoms with Crippen molar-refractivity contribution in [3.05, 3.63) is 27.7 Å². The molecule has 0 amide bonds. The van der Waals surface area contributed by atoms with E-state index in [-0.39, 0.29) is 16.5 Å². The van der Waals surface area contributed by atoms with Crippen LogP contribution in [0.1, 0.15) is 19.3 Å². The Morgan fingerprint density at radius 3 is 2.61 bits per heavy atom. The molecule has 0 atom stereocenters. The van der Waals surface area contributed by atoms with Gasteiger partial charge in [-0.3, -0.25) is 0 Å². The molecule has 0 spiro atoms. The molecule has 1 aromatic carbocycles. The maximum absolute atomic E-state index is 12.0. The van der Waals surface area contributed by atoms with Gasteiger partial charge in [0.15, 0.2) is 0 Å². The lowest BCUT2D eigenvalue weighted by molar-refractivity contribution is -0.0270. The van der Waals surface area contributed by atoms with Gasteiger partial charge in [-0.15, -0.1) is 0 Å². The minimum Gasteiger partial charge on any atom is -0.389 e. The predicted molar refractivity (Wildman–Crippen MR) is 73.1 cm³/mol. The van der Waals surface area contributed by atoms with Gasteiger partial charge in [0.05, 0.1) is 10.6 Å². The summed E-state index contributed by atoms with van der Waals surface area (Å²) in [5, 5.41) is 10.0. The third kappa shape index (κ3) is 3.05. The fraction of sp³-hybridized carbons (Fsp3) is 0.455. The van der Waals surface area contributed by atoms with Gasteiger partial charge in [-0.25, -0.2) is 13.1 Å². The zero-order chi connectivity index (χ0) is 13.4. The van der Waals surface area contributed by atoms with Crippen molar-refractivity contribution in [3.8, 4) is 0 Å². The molecular weight excluding hydrogens is 342 g/mol. The van der Waals surface area contributed by atoms with E-state index in [1.165, 1.54) is 12.1 Å². The fourth-order valence-corrected chi connectivity index (χ4v) is 3.92. The summed E-state index contributed by atoms with van der Waals surface area (Å²) in [5.74, 6) is 0. The molecular formula is C11H13BrClNO3S. The molecule has 0 bridgehead atoms. The Morgan fingerprint density at radius 2 is 2.11 bits per heavy atom. The van der Waals surface area contributed by atoms with Crippen LogP contribution in [0.3, 0.4) is 0 Å². The Kier molecular flexibility index (Phi) is 4.04. The number of halogens is 2. The first kappa shape index (κ1) is 14.3. The van der Waals surface area contributed by atoms with Crippen LogP contribution in [0.4, 0.5) is 0 Å². The largest absolute Gasteiger partial charge is 0.389 e. The summed E-state index contributed by atoms with van der Waals surface area (Å²) >= 11 is 9.11. The van der Waals surface area contributed by atoms with E-state index in [4.69, 9.17) is 11.6 Å². The van der Waals surface area contributed by atoms with Crippen molar-refractivity contribution in [2.75, 3.05) is 6.54 Å². The van der Waals surface area contributed by atoms with Crippen molar-refractivity contribution in [2.24, 2.45) is 0 Å². The first-order valence-electron chi connectivity index (χ1n) is 5.50. The number of benzene rings is 1. The smallest absolute Gasteiger partial charge is 0.242 e. The van der Waals surface area contributed by atoms with Crippen LogP contribution in [0, 0.1) is 0 Å². The molecule has 100 valence electrons. The summed E-state index contributed by atoms with van der Waals surface area (Å²) in [6.07, 6.45) is 2.18. The highest BCUT2D eigenvalue weighted by Crippen LogP contribution is 2.31. The lowest BCUT2D eigenvalue weighted by atomic mass is 9.81. The highest BCUT2D eigenvalue weighted by Gasteiger charge is 2.35. The molecule has 1 aromatic rings. The maximum Gasteiger partial charge on any atom is 0.242 e. The SMILES string of the molecule is O=S(=O)(NCC1(O)CCC1)c1ccc(Br)cc1Cl. The second kappa shape index (κ2) is 5.09. The summed E-state index contributed by atoms with van der Waals surface area (Å²) in [4.78, 5) is 0.0234. The first-order chi connectivity index (χ1) is 8.32. The number of nitrogens with one attached hydrogen (secondary N) is 1. The maximum atomic E-state index is 12.0. The molecule has 1 aliphatic carbocycles. The van der Waals surface area contributed by atoms with E-state index in [1.807, 2.05) is 0 Å². The molecule has 18 heavy (non-hydrogen) atoms. The van der Waals surface area contributed by atoms with Gasteiger partial charge >= 0.3 is 0 Å². The third-order valence-electron chi connectivity index (χ3n) is 3.06. The second-order valence-corrected chi connectivity index (χ2v) is 7.54. The van der Waals surface area contributed by atoms with Gasteiger partial charge in [0.2, 0.25) is 10.0 Å². The van der Waals surface area contributed by atoms with Crippen molar-refractivity contribution in [3.63, 3.8) is 0 Å². The third-order valence-corrected chi connectivity index (χ3v) is 5.44. The lowest BCUT2D eigenvalue weighted by Crippen LogP contribution is -2.47. The Labute approximate surface area is 120 Å². The molecule has 0 radical (unpaired) electrons. The molecule has 7 heteroatoms. The van der Waals surface area contributed by atoms with E-state index in [0.717, 1.165) is 6.42 Å². The van der Waals surface area contributed by atoms with Crippen molar-refractivity contribution < 1.29 is 13.5 Å². The van der Waals surface area contributed by atoms with Crippen LogP contribution in [0.25, 0.3) is 0 Å². The van der Waals surface area contributed by atoms with Crippen LogP contribution in [-0.4, -0.2) is 25.7 Å². The minimum absolute atomic E-state index is 0.0234. The molecule has 4 nitrogen and oxygen atoms in total. The van der Waals surface area contributed by atoms with Crippen molar-refractivity contribution in [2.45, 2.75) is 29.8 Å².